The number of rotatable bonds is 5. The van der Waals surface area contributed by atoms with E-state index in [1.165, 1.54) is 12.1 Å². The zero-order chi connectivity index (χ0) is 13.6. The summed E-state index contributed by atoms with van der Waals surface area (Å²) in [7, 11) is -3.73. The molecule has 0 aromatic heterocycles. The van der Waals surface area contributed by atoms with Gasteiger partial charge in [0.25, 0.3) is 10.0 Å². The number of sulfonamides is 1. The SMILES string of the molecule is CC(C)=CCCC(=O)NS(=O)(=O)c1ccccc1. The van der Waals surface area contributed by atoms with Crippen LogP contribution in [0.15, 0.2) is 46.9 Å². The molecule has 0 fully saturated rings. The molecule has 0 saturated carbocycles. The average Bonchev–Trinajstić information content (AvgIpc) is 2.29. The van der Waals surface area contributed by atoms with Gasteiger partial charge in [-0.05, 0) is 32.4 Å². The third kappa shape index (κ3) is 4.71. The van der Waals surface area contributed by atoms with Crippen molar-refractivity contribution in [2.24, 2.45) is 0 Å². The van der Waals surface area contributed by atoms with E-state index in [2.05, 4.69) is 4.72 Å². The fourth-order valence-corrected chi connectivity index (χ4v) is 2.39. The van der Waals surface area contributed by atoms with Crippen LogP contribution in [0.1, 0.15) is 26.7 Å². The van der Waals surface area contributed by atoms with E-state index in [1.807, 2.05) is 19.9 Å². The molecule has 0 saturated heterocycles. The standard InChI is InChI=1S/C13H17NO3S/c1-11(2)7-6-10-13(15)14-18(16,17)12-8-4-3-5-9-12/h3-5,7-9H,6,10H2,1-2H3,(H,14,15). The third-order valence-corrected chi connectivity index (χ3v) is 3.61. The van der Waals surface area contributed by atoms with Gasteiger partial charge in [0, 0.05) is 6.42 Å². The largest absolute Gasteiger partial charge is 0.274 e. The van der Waals surface area contributed by atoms with Crippen LogP contribution in [0, 0.1) is 0 Å². The van der Waals surface area contributed by atoms with Crippen molar-refractivity contribution < 1.29 is 13.2 Å². The lowest BCUT2D eigenvalue weighted by atomic mass is 10.2. The Balaban J connectivity index is 2.62. The quantitative estimate of drug-likeness (QED) is 0.832. The highest BCUT2D eigenvalue weighted by Crippen LogP contribution is 2.07. The number of benzene rings is 1. The topological polar surface area (TPSA) is 63.2 Å². The first kappa shape index (κ1) is 14.4. The van der Waals surface area contributed by atoms with Crippen molar-refractivity contribution >= 4 is 15.9 Å². The maximum atomic E-state index is 11.8. The molecule has 0 aliphatic carbocycles. The van der Waals surface area contributed by atoms with Crippen molar-refractivity contribution in [3.63, 3.8) is 0 Å². The Labute approximate surface area is 108 Å². The molecule has 0 heterocycles. The van der Waals surface area contributed by atoms with Crippen LogP contribution in [-0.4, -0.2) is 14.3 Å². The van der Waals surface area contributed by atoms with E-state index in [4.69, 9.17) is 0 Å². The molecule has 4 nitrogen and oxygen atoms in total. The first-order valence-electron chi connectivity index (χ1n) is 5.66. The van der Waals surface area contributed by atoms with Crippen molar-refractivity contribution in [2.75, 3.05) is 0 Å². The van der Waals surface area contributed by atoms with Crippen molar-refractivity contribution in [2.45, 2.75) is 31.6 Å². The Bertz CT molecular complexity index is 529. The fraction of sp³-hybridized carbons (Fsp3) is 0.308. The number of nitrogens with one attached hydrogen (secondary N) is 1. The van der Waals surface area contributed by atoms with E-state index in [1.54, 1.807) is 18.2 Å². The molecule has 98 valence electrons. The summed E-state index contributed by atoms with van der Waals surface area (Å²) in [5.41, 5.74) is 1.11. The van der Waals surface area contributed by atoms with Crippen LogP contribution in [0.25, 0.3) is 0 Å². The van der Waals surface area contributed by atoms with Gasteiger partial charge in [0.05, 0.1) is 4.90 Å². The number of allylic oxidation sites excluding steroid dienone is 2. The Morgan fingerprint density at radius 2 is 1.83 bits per heavy atom. The second kappa shape index (κ2) is 6.35. The monoisotopic (exact) mass is 267 g/mol. The van der Waals surface area contributed by atoms with Crippen LogP contribution in [0.4, 0.5) is 0 Å². The smallest absolute Gasteiger partial charge is 0.264 e. The number of carbonyl (C=O) groups is 1. The molecule has 0 unspecified atom stereocenters. The first-order valence-corrected chi connectivity index (χ1v) is 7.14. The van der Waals surface area contributed by atoms with E-state index < -0.39 is 15.9 Å². The lowest BCUT2D eigenvalue weighted by molar-refractivity contribution is -0.119. The highest BCUT2D eigenvalue weighted by molar-refractivity contribution is 7.90. The second-order valence-corrected chi connectivity index (χ2v) is 5.84. The molecule has 1 aromatic rings. The van der Waals surface area contributed by atoms with E-state index in [-0.39, 0.29) is 11.3 Å². The molecule has 0 radical (unpaired) electrons. The van der Waals surface area contributed by atoms with Crippen LogP contribution in [0.5, 0.6) is 0 Å². The summed E-state index contributed by atoms with van der Waals surface area (Å²) in [6, 6.07) is 7.84. The Morgan fingerprint density at radius 3 is 2.39 bits per heavy atom. The molecule has 5 heteroatoms. The Kier molecular flexibility index (Phi) is 5.09. The van der Waals surface area contributed by atoms with Crippen LogP contribution in [0.3, 0.4) is 0 Å². The number of carbonyl (C=O) groups excluding carboxylic acids is 1. The van der Waals surface area contributed by atoms with Gasteiger partial charge in [0.15, 0.2) is 0 Å². The molecular formula is C13H17NO3S. The zero-order valence-electron chi connectivity index (χ0n) is 10.5. The summed E-state index contributed by atoms with van der Waals surface area (Å²) in [4.78, 5) is 11.6. The van der Waals surface area contributed by atoms with Crippen molar-refractivity contribution in [1.82, 2.24) is 4.72 Å². The normalized spacial score (nSPS) is 10.8. The summed E-state index contributed by atoms with van der Waals surface area (Å²) in [6.45, 7) is 3.86. The summed E-state index contributed by atoms with van der Waals surface area (Å²) < 4.78 is 25.6. The minimum absolute atomic E-state index is 0.0977. The lowest BCUT2D eigenvalue weighted by Gasteiger charge is -2.05. The molecule has 1 amide bonds. The van der Waals surface area contributed by atoms with Gasteiger partial charge >= 0.3 is 0 Å². The summed E-state index contributed by atoms with van der Waals surface area (Å²) >= 11 is 0. The summed E-state index contributed by atoms with van der Waals surface area (Å²) in [5, 5.41) is 0. The zero-order valence-corrected chi connectivity index (χ0v) is 11.3. The highest BCUT2D eigenvalue weighted by atomic mass is 32.2. The third-order valence-electron chi connectivity index (χ3n) is 2.23. The van der Waals surface area contributed by atoms with Gasteiger partial charge in [-0.2, -0.15) is 0 Å². The van der Waals surface area contributed by atoms with Gasteiger partial charge in [0.2, 0.25) is 5.91 Å². The van der Waals surface area contributed by atoms with E-state index >= 15 is 0 Å². The van der Waals surface area contributed by atoms with E-state index in [0.29, 0.717) is 6.42 Å². The molecule has 0 aliphatic heterocycles. The number of hydrogen-bond acceptors (Lipinski definition) is 3. The maximum absolute atomic E-state index is 11.8. The summed E-state index contributed by atoms with van der Waals surface area (Å²) in [6.07, 6.45) is 2.60. The predicted octanol–water partition coefficient (Wildman–Crippen LogP) is 2.24. The molecule has 1 N–H and O–H groups in total. The first-order chi connectivity index (χ1) is 8.42. The van der Waals surface area contributed by atoms with Gasteiger partial charge in [-0.15, -0.1) is 0 Å². The predicted molar refractivity (Wildman–Crippen MR) is 70.4 cm³/mol. The van der Waals surface area contributed by atoms with Gasteiger partial charge in [-0.25, -0.2) is 13.1 Å². The Hall–Kier alpha value is -1.62. The van der Waals surface area contributed by atoms with Gasteiger partial charge in [-0.1, -0.05) is 29.8 Å². The van der Waals surface area contributed by atoms with Gasteiger partial charge < -0.3 is 0 Å². The molecule has 0 bridgehead atoms. The molecular weight excluding hydrogens is 250 g/mol. The number of hydrogen-bond donors (Lipinski definition) is 1. The van der Waals surface area contributed by atoms with E-state index in [0.717, 1.165) is 5.57 Å². The molecule has 0 spiro atoms. The van der Waals surface area contributed by atoms with Gasteiger partial charge in [-0.3, -0.25) is 4.79 Å². The van der Waals surface area contributed by atoms with Crippen molar-refractivity contribution in [3.8, 4) is 0 Å². The minimum atomic E-state index is -3.73. The van der Waals surface area contributed by atoms with Crippen molar-refractivity contribution in [1.29, 1.82) is 0 Å². The maximum Gasteiger partial charge on any atom is 0.264 e. The lowest BCUT2D eigenvalue weighted by Crippen LogP contribution is -2.30. The van der Waals surface area contributed by atoms with Crippen molar-refractivity contribution in [3.05, 3.63) is 42.0 Å². The summed E-state index contributed by atoms with van der Waals surface area (Å²) in [5.74, 6) is -0.489. The fourth-order valence-electron chi connectivity index (χ4n) is 1.35. The molecule has 18 heavy (non-hydrogen) atoms. The highest BCUT2D eigenvalue weighted by Gasteiger charge is 2.16. The minimum Gasteiger partial charge on any atom is -0.274 e. The van der Waals surface area contributed by atoms with Crippen LogP contribution < -0.4 is 4.72 Å². The van der Waals surface area contributed by atoms with Crippen LogP contribution in [-0.2, 0) is 14.8 Å². The van der Waals surface area contributed by atoms with Crippen LogP contribution in [0.2, 0.25) is 0 Å². The van der Waals surface area contributed by atoms with Crippen LogP contribution >= 0.6 is 0 Å². The molecule has 0 atom stereocenters. The Morgan fingerprint density at radius 1 is 1.22 bits per heavy atom. The second-order valence-electron chi connectivity index (χ2n) is 4.16. The average molecular weight is 267 g/mol. The molecule has 0 aliphatic rings. The van der Waals surface area contributed by atoms with Gasteiger partial charge in [0.1, 0.15) is 0 Å². The van der Waals surface area contributed by atoms with E-state index in [9.17, 15) is 13.2 Å². The molecule has 1 rings (SSSR count). The number of amides is 1. The molecule has 1 aromatic carbocycles.